The molecule has 31 heavy (non-hydrogen) atoms. The van der Waals surface area contributed by atoms with E-state index in [1.54, 1.807) is 18.2 Å². The van der Waals surface area contributed by atoms with Gasteiger partial charge in [-0.25, -0.2) is 4.90 Å². The number of aryl methyl sites for hydroxylation is 1. The summed E-state index contributed by atoms with van der Waals surface area (Å²) in [6.45, 7) is 2.85. The Labute approximate surface area is 187 Å². The molecule has 0 fully saturated rings. The number of fused-ring (bicyclic) bond motifs is 3. The van der Waals surface area contributed by atoms with Crippen LogP contribution < -0.4 is 4.90 Å². The number of aliphatic hydroxyl groups excluding tert-OH is 1. The van der Waals surface area contributed by atoms with E-state index in [0.29, 0.717) is 10.7 Å². The highest BCUT2D eigenvalue weighted by Gasteiger charge is 2.41. The first kappa shape index (κ1) is 19.7. The zero-order valence-corrected chi connectivity index (χ0v) is 17.9. The first-order chi connectivity index (χ1) is 14.9. The molecule has 3 aromatic carbocycles. The van der Waals surface area contributed by atoms with Crippen LogP contribution in [0.5, 0.6) is 0 Å². The maximum absolute atomic E-state index is 13.2. The lowest BCUT2D eigenvalue weighted by atomic mass is 10.1. The van der Waals surface area contributed by atoms with Crippen LogP contribution in [0.3, 0.4) is 0 Å². The summed E-state index contributed by atoms with van der Waals surface area (Å²) >= 11 is 12.2. The summed E-state index contributed by atoms with van der Waals surface area (Å²) < 4.78 is 2.18. The molecule has 1 aromatic heterocycles. The van der Waals surface area contributed by atoms with Gasteiger partial charge in [-0.05, 0) is 43.3 Å². The zero-order chi connectivity index (χ0) is 21.9. The number of hydrogen-bond donors (Lipinski definition) is 1. The van der Waals surface area contributed by atoms with Gasteiger partial charge in [-0.1, -0.05) is 47.5 Å². The van der Waals surface area contributed by atoms with Crippen LogP contribution in [0, 0.1) is 0 Å². The van der Waals surface area contributed by atoms with Crippen molar-refractivity contribution in [2.24, 2.45) is 0 Å². The van der Waals surface area contributed by atoms with E-state index in [9.17, 15) is 14.7 Å². The lowest BCUT2D eigenvalue weighted by Gasteiger charge is -2.15. The van der Waals surface area contributed by atoms with Crippen LogP contribution in [0.2, 0.25) is 10.0 Å². The summed E-state index contributed by atoms with van der Waals surface area (Å²) in [5.41, 5.74) is 2.58. The molecule has 7 heteroatoms. The van der Waals surface area contributed by atoms with Crippen molar-refractivity contribution in [2.45, 2.75) is 13.5 Å². The van der Waals surface area contributed by atoms with Crippen LogP contribution in [0.4, 0.5) is 5.69 Å². The highest BCUT2D eigenvalue weighted by atomic mass is 35.5. The number of nitrogens with zero attached hydrogens (tertiary/aromatic N) is 2. The number of benzene rings is 3. The average molecular weight is 451 g/mol. The Balaban J connectivity index is 1.65. The standard InChI is InChI=1S/C24H16Cl2N2O3/c1-2-27-19-6-4-3-5-15(19)17-12-14(8-10-20(17)27)28-23(30)21(22(29)24(28)31)16-9-7-13(25)11-18(16)26/h3-12,29H,2H2,1H3. The van der Waals surface area contributed by atoms with Gasteiger partial charge in [0.2, 0.25) is 0 Å². The minimum atomic E-state index is -0.787. The molecule has 4 aromatic rings. The second-order valence-corrected chi connectivity index (χ2v) is 8.10. The van der Waals surface area contributed by atoms with Crippen LogP contribution in [0.15, 0.2) is 66.4 Å². The third-order valence-electron chi connectivity index (χ3n) is 5.59. The van der Waals surface area contributed by atoms with Gasteiger partial charge in [0, 0.05) is 38.9 Å². The fourth-order valence-electron chi connectivity index (χ4n) is 4.21. The number of aliphatic hydroxyl groups is 1. The van der Waals surface area contributed by atoms with Crippen molar-refractivity contribution in [3.63, 3.8) is 0 Å². The predicted octanol–water partition coefficient (Wildman–Crippen LogP) is 5.96. The SMILES string of the molecule is CCn1c2ccccc2c2cc(N3C(=O)C(O)=C(c4ccc(Cl)cc4Cl)C3=O)ccc21. The Hall–Kier alpha value is -3.28. The van der Waals surface area contributed by atoms with E-state index in [1.807, 2.05) is 30.3 Å². The molecule has 0 unspecified atom stereocenters. The summed E-state index contributed by atoms with van der Waals surface area (Å²) in [4.78, 5) is 27.1. The topological polar surface area (TPSA) is 62.5 Å². The molecule has 1 N–H and O–H groups in total. The summed E-state index contributed by atoms with van der Waals surface area (Å²) in [6.07, 6.45) is 0. The third kappa shape index (κ3) is 2.85. The average Bonchev–Trinajstić information content (AvgIpc) is 3.19. The van der Waals surface area contributed by atoms with E-state index in [2.05, 4.69) is 11.5 Å². The van der Waals surface area contributed by atoms with Gasteiger partial charge >= 0.3 is 5.91 Å². The van der Waals surface area contributed by atoms with E-state index in [0.717, 1.165) is 33.3 Å². The monoisotopic (exact) mass is 450 g/mol. The molecule has 0 radical (unpaired) electrons. The van der Waals surface area contributed by atoms with E-state index in [4.69, 9.17) is 23.2 Å². The van der Waals surface area contributed by atoms with Gasteiger partial charge in [-0.15, -0.1) is 0 Å². The number of carbonyl (C=O) groups excluding carboxylic acids is 2. The minimum absolute atomic E-state index is 0.136. The highest BCUT2D eigenvalue weighted by molar-refractivity contribution is 6.47. The summed E-state index contributed by atoms with van der Waals surface area (Å²) in [5, 5.41) is 13.0. The molecule has 2 heterocycles. The number of rotatable bonds is 3. The minimum Gasteiger partial charge on any atom is -0.502 e. The molecule has 0 saturated heterocycles. The number of carbonyl (C=O) groups is 2. The molecule has 1 aliphatic rings. The number of hydrogen-bond acceptors (Lipinski definition) is 3. The van der Waals surface area contributed by atoms with Gasteiger partial charge in [0.05, 0.1) is 16.3 Å². The van der Waals surface area contributed by atoms with Crippen LogP contribution in [-0.4, -0.2) is 21.5 Å². The third-order valence-corrected chi connectivity index (χ3v) is 6.14. The van der Waals surface area contributed by atoms with E-state index in [1.165, 1.54) is 12.1 Å². The Morgan fingerprint density at radius 1 is 0.871 bits per heavy atom. The smallest absolute Gasteiger partial charge is 0.301 e. The fourth-order valence-corrected chi connectivity index (χ4v) is 4.71. The van der Waals surface area contributed by atoms with Gasteiger partial charge in [0.15, 0.2) is 5.76 Å². The largest absolute Gasteiger partial charge is 0.502 e. The second kappa shape index (κ2) is 7.15. The molecule has 0 spiro atoms. The number of para-hydroxylation sites is 1. The van der Waals surface area contributed by atoms with E-state index in [-0.39, 0.29) is 16.2 Å². The molecular weight excluding hydrogens is 435 g/mol. The summed E-state index contributed by atoms with van der Waals surface area (Å²) in [5.74, 6) is -2.06. The van der Waals surface area contributed by atoms with Crippen molar-refractivity contribution in [1.82, 2.24) is 4.57 Å². The van der Waals surface area contributed by atoms with Crippen molar-refractivity contribution >= 4 is 68.1 Å². The van der Waals surface area contributed by atoms with E-state index < -0.39 is 17.6 Å². The molecule has 0 atom stereocenters. The number of anilines is 1. The molecule has 0 bridgehead atoms. The van der Waals surface area contributed by atoms with Crippen LogP contribution in [-0.2, 0) is 16.1 Å². The summed E-state index contributed by atoms with van der Waals surface area (Å²) in [7, 11) is 0. The van der Waals surface area contributed by atoms with Crippen molar-refractivity contribution in [1.29, 1.82) is 0 Å². The van der Waals surface area contributed by atoms with Gasteiger partial charge in [0.1, 0.15) is 0 Å². The maximum atomic E-state index is 13.2. The lowest BCUT2D eigenvalue weighted by molar-refractivity contribution is -0.121. The fraction of sp³-hybridized carbons (Fsp3) is 0.0833. The van der Waals surface area contributed by atoms with Crippen LogP contribution in [0.25, 0.3) is 27.4 Å². The van der Waals surface area contributed by atoms with Gasteiger partial charge in [-0.3, -0.25) is 9.59 Å². The zero-order valence-electron chi connectivity index (χ0n) is 16.4. The molecule has 0 aliphatic carbocycles. The molecule has 5 rings (SSSR count). The second-order valence-electron chi connectivity index (χ2n) is 7.26. The van der Waals surface area contributed by atoms with Crippen molar-refractivity contribution in [3.8, 4) is 0 Å². The van der Waals surface area contributed by atoms with Gasteiger partial charge in [0.25, 0.3) is 5.91 Å². The Morgan fingerprint density at radius 3 is 2.35 bits per heavy atom. The van der Waals surface area contributed by atoms with Crippen molar-refractivity contribution in [3.05, 3.63) is 82.0 Å². The Morgan fingerprint density at radius 2 is 1.61 bits per heavy atom. The number of amides is 2. The number of imide groups is 1. The van der Waals surface area contributed by atoms with Gasteiger partial charge in [-0.2, -0.15) is 0 Å². The predicted molar refractivity (Wildman–Crippen MR) is 124 cm³/mol. The molecule has 154 valence electrons. The molecular formula is C24H16Cl2N2O3. The molecule has 5 nitrogen and oxygen atoms in total. The Bertz CT molecular complexity index is 1450. The number of aromatic nitrogens is 1. The van der Waals surface area contributed by atoms with Crippen molar-refractivity contribution in [2.75, 3.05) is 4.90 Å². The first-order valence-electron chi connectivity index (χ1n) is 9.70. The van der Waals surface area contributed by atoms with E-state index >= 15 is 0 Å². The van der Waals surface area contributed by atoms with Crippen LogP contribution in [0.1, 0.15) is 12.5 Å². The normalized spacial score (nSPS) is 14.5. The van der Waals surface area contributed by atoms with Gasteiger partial charge < -0.3 is 9.67 Å². The molecule has 2 amide bonds. The van der Waals surface area contributed by atoms with Crippen LogP contribution >= 0.6 is 23.2 Å². The summed E-state index contributed by atoms with van der Waals surface area (Å²) in [6, 6.07) is 17.9. The number of halogens is 2. The Kier molecular flexibility index (Phi) is 4.54. The van der Waals surface area contributed by atoms with Crippen molar-refractivity contribution < 1.29 is 14.7 Å². The molecule has 0 saturated carbocycles. The lowest BCUT2D eigenvalue weighted by Crippen LogP contribution is -2.31. The quantitative estimate of drug-likeness (QED) is 0.391. The first-order valence-corrected chi connectivity index (χ1v) is 10.5. The highest BCUT2D eigenvalue weighted by Crippen LogP contribution is 2.38. The molecule has 1 aliphatic heterocycles. The maximum Gasteiger partial charge on any atom is 0.301 e.